The summed E-state index contributed by atoms with van der Waals surface area (Å²) in [6, 6.07) is 0. The molecule has 0 saturated carbocycles. The van der Waals surface area contributed by atoms with Gasteiger partial charge in [0, 0.05) is 6.42 Å². The molecule has 0 fully saturated rings. The summed E-state index contributed by atoms with van der Waals surface area (Å²) < 4.78 is 5.06. The fraction of sp³-hybridized carbons (Fsp3) is 0.818. The van der Waals surface area contributed by atoms with Crippen LogP contribution in [0.1, 0.15) is 63.8 Å². The maximum atomic E-state index is 9.62. The van der Waals surface area contributed by atoms with Crippen molar-refractivity contribution >= 4 is 0 Å². The summed E-state index contributed by atoms with van der Waals surface area (Å²) in [5.74, 6) is 1.08. The zero-order valence-electron chi connectivity index (χ0n) is 9.57. The molecule has 1 heterocycles. The second kappa shape index (κ2) is 6.56. The van der Waals surface area contributed by atoms with E-state index >= 15 is 0 Å². The van der Waals surface area contributed by atoms with Gasteiger partial charge in [0.05, 0.1) is 0 Å². The molecule has 4 heteroatoms. The van der Waals surface area contributed by atoms with E-state index in [9.17, 15) is 5.11 Å². The molecule has 1 aromatic heterocycles. The highest BCUT2D eigenvalue weighted by atomic mass is 16.5. The monoisotopic (exact) mass is 212 g/mol. The van der Waals surface area contributed by atoms with Gasteiger partial charge >= 0.3 is 0 Å². The van der Waals surface area contributed by atoms with Crippen molar-refractivity contribution in [3.05, 3.63) is 11.7 Å². The Morgan fingerprint density at radius 1 is 1.27 bits per heavy atom. The molecule has 1 N–H and O–H groups in total. The van der Waals surface area contributed by atoms with Crippen molar-refractivity contribution in [2.75, 3.05) is 0 Å². The van der Waals surface area contributed by atoms with Gasteiger partial charge in [-0.05, 0) is 12.8 Å². The van der Waals surface area contributed by atoms with Gasteiger partial charge in [-0.2, -0.15) is 4.98 Å². The third-order valence-corrected chi connectivity index (χ3v) is 2.34. The van der Waals surface area contributed by atoms with Crippen molar-refractivity contribution in [2.45, 2.75) is 58.5 Å². The molecule has 86 valence electrons. The van der Waals surface area contributed by atoms with Crippen LogP contribution in [0.4, 0.5) is 0 Å². The van der Waals surface area contributed by atoms with Crippen molar-refractivity contribution in [1.82, 2.24) is 10.1 Å². The predicted molar refractivity (Wildman–Crippen MR) is 57.4 cm³/mol. The van der Waals surface area contributed by atoms with Gasteiger partial charge < -0.3 is 9.63 Å². The van der Waals surface area contributed by atoms with E-state index in [0.29, 0.717) is 18.1 Å². The average Bonchev–Trinajstić information content (AvgIpc) is 2.67. The van der Waals surface area contributed by atoms with Gasteiger partial charge in [0.2, 0.25) is 5.89 Å². The highest BCUT2D eigenvalue weighted by molar-refractivity contribution is 4.90. The molecule has 0 aliphatic heterocycles. The zero-order chi connectivity index (χ0) is 11.1. The molecule has 0 aliphatic carbocycles. The first-order chi connectivity index (χ1) is 7.27. The molecule has 4 nitrogen and oxygen atoms in total. The molecule has 1 unspecified atom stereocenters. The maximum Gasteiger partial charge on any atom is 0.226 e. The molecule has 0 spiro atoms. The van der Waals surface area contributed by atoms with Crippen LogP contribution >= 0.6 is 0 Å². The molecule has 0 radical (unpaired) electrons. The number of hydrogen-bond donors (Lipinski definition) is 1. The van der Waals surface area contributed by atoms with E-state index < -0.39 is 6.10 Å². The number of aromatic nitrogens is 2. The van der Waals surface area contributed by atoms with Crippen LogP contribution in [0.2, 0.25) is 0 Å². The molecule has 0 aromatic carbocycles. The van der Waals surface area contributed by atoms with Crippen LogP contribution in [-0.4, -0.2) is 15.2 Å². The van der Waals surface area contributed by atoms with Crippen molar-refractivity contribution in [1.29, 1.82) is 0 Å². The van der Waals surface area contributed by atoms with Crippen LogP contribution in [0.3, 0.4) is 0 Å². The Balaban J connectivity index is 2.41. The Kier molecular flexibility index (Phi) is 5.32. The predicted octanol–water partition coefficient (Wildman–Crippen LogP) is 2.64. The van der Waals surface area contributed by atoms with Gasteiger partial charge in [0.25, 0.3) is 0 Å². The topological polar surface area (TPSA) is 59.2 Å². The Morgan fingerprint density at radius 2 is 2.07 bits per heavy atom. The summed E-state index contributed by atoms with van der Waals surface area (Å²) in [6.45, 7) is 4.18. The van der Waals surface area contributed by atoms with Crippen molar-refractivity contribution in [3.63, 3.8) is 0 Å². The lowest BCUT2D eigenvalue weighted by Gasteiger charge is -2.01. The lowest BCUT2D eigenvalue weighted by atomic mass is 10.2. The average molecular weight is 212 g/mol. The minimum Gasteiger partial charge on any atom is -0.385 e. The Hall–Kier alpha value is -0.900. The minimum absolute atomic E-state index is 0.434. The summed E-state index contributed by atoms with van der Waals surface area (Å²) in [6.07, 6.45) is 5.28. The first kappa shape index (κ1) is 12.2. The normalized spacial score (nSPS) is 13.0. The van der Waals surface area contributed by atoms with Crippen LogP contribution in [0, 0.1) is 0 Å². The Labute approximate surface area is 90.7 Å². The molecular weight excluding hydrogens is 192 g/mol. The first-order valence-corrected chi connectivity index (χ1v) is 5.78. The third kappa shape index (κ3) is 4.00. The number of aryl methyl sites for hydroxylation is 1. The van der Waals surface area contributed by atoms with Crippen LogP contribution in [0.5, 0.6) is 0 Å². The quantitative estimate of drug-likeness (QED) is 0.706. The number of unbranched alkanes of at least 4 members (excludes halogenated alkanes) is 2. The highest BCUT2D eigenvalue weighted by Gasteiger charge is 2.13. The zero-order valence-corrected chi connectivity index (χ0v) is 9.57. The van der Waals surface area contributed by atoms with Crippen LogP contribution in [-0.2, 0) is 6.42 Å². The largest absolute Gasteiger partial charge is 0.385 e. The fourth-order valence-electron chi connectivity index (χ4n) is 1.43. The number of aliphatic hydroxyl groups excluding tert-OH is 1. The number of nitrogens with zero attached hydrogens (tertiary/aromatic N) is 2. The SMILES string of the molecule is CCCCCc1nc(C(O)CCC)no1. The summed E-state index contributed by atoms with van der Waals surface area (Å²) in [4.78, 5) is 4.17. The lowest BCUT2D eigenvalue weighted by molar-refractivity contribution is 0.152. The molecule has 0 bridgehead atoms. The van der Waals surface area contributed by atoms with Crippen molar-refractivity contribution in [2.24, 2.45) is 0 Å². The van der Waals surface area contributed by atoms with E-state index in [1.807, 2.05) is 6.92 Å². The van der Waals surface area contributed by atoms with E-state index in [0.717, 1.165) is 19.3 Å². The van der Waals surface area contributed by atoms with Crippen molar-refractivity contribution in [3.8, 4) is 0 Å². The third-order valence-electron chi connectivity index (χ3n) is 2.34. The van der Waals surface area contributed by atoms with Gasteiger partial charge in [-0.1, -0.05) is 38.3 Å². The van der Waals surface area contributed by atoms with Gasteiger partial charge in [-0.15, -0.1) is 0 Å². The molecule has 1 rings (SSSR count). The fourth-order valence-corrected chi connectivity index (χ4v) is 1.43. The van der Waals surface area contributed by atoms with Gasteiger partial charge in [-0.3, -0.25) is 0 Å². The van der Waals surface area contributed by atoms with Gasteiger partial charge in [0.1, 0.15) is 6.10 Å². The molecule has 0 aliphatic rings. The molecule has 0 amide bonds. The highest BCUT2D eigenvalue weighted by Crippen LogP contribution is 2.15. The summed E-state index contributed by atoms with van der Waals surface area (Å²) in [5, 5.41) is 13.4. The Morgan fingerprint density at radius 3 is 2.73 bits per heavy atom. The maximum absolute atomic E-state index is 9.62. The lowest BCUT2D eigenvalue weighted by Crippen LogP contribution is -1.99. The standard InChI is InChI=1S/C11H20N2O2/c1-3-5-6-8-10-12-11(13-15-10)9(14)7-4-2/h9,14H,3-8H2,1-2H3. The number of aliphatic hydroxyl groups is 1. The van der Waals surface area contributed by atoms with E-state index in [1.54, 1.807) is 0 Å². The van der Waals surface area contributed by atoms with Crippen LogP contribution in [0.25, 0.3) is 0 Å². The van der Waals surface area contributed by atoms with Crippen LogP contribution < -0.4 is 0 Å². The molecular formula is C11H20N2O2. The van der Waals surface area contributed by atoms with Crippen molar-refractivity contribution < 1.29 is 9.63 Å². The minimum atomic E-state index is -0.571. The van der Waals surface area contributed by atoms with Gasteiger partial charge in [0.15, 0.2) is 5.82 Å². The second-order valence-corrected chi connectivity index (χ2v) is 3.81. The summed E-state index contributed by atoms with van der Waals surface area (Å²) in [7, 11) is 0. The van der Waals surface area contributed by atoms with E-state index in [-0.39, 0.29) is 0 Å². The van der Waals surface area contributed by atoms with E-state index in [2.05, 4.69) is 17.1 Å². The number of rotatable bonds is 7. The smallest absolute Gasteiger partial charge is 0.226 e. The molecule has 1 atom stereocenters. The summed E-state index contributed by atoms with van der Waals surface area (Å²) >= 11 is 0. The molecule has 1 aromatic rings. The van der Waals surface area contributed by atoms with E-state index in [1.165, 1.54) is 12.8 Å². The summed E-state index contributed by atoms with van der Waals surface area (Å²) in [5.41, 5.74) is 0. The van der Waals surface area contributed by atoms with E-state index in [4.69, 9.17) is 4.52 Å². The number of hydrogen-bond acceptors (Lipinski definition) is 4. The van der Waals surface area contributed by atoms with Gasteiger partial charge in [-0.25, -0.2) is 0 Å². The first-order valence-electron chi connectivity index (χ1n) is 5.78. The second-order valence-electron chi connectivity index (χ2n) is 3.81. The Bertz CT molecular complexity index is 273. The molecule has 15 heavy (non-hydrogen) atoms. The van der Waals surface area contributed by atoms with Crippen LogP contribution in [0.15, 0.2) is 4.52 Å². The molecule has 0 saturated heterocycles.